The first kappa shape index (κ1) is 16.7. The quantitative estimate of drug-likeness (QED) is 0.665. The van der Waals surface area contributed by atoms with Crippen molar-refractivity contribution in [1.29, 1.82) is 0 Å². The summed E-state index contributed by atoms with van der Waals surface area (Å²) >= 11 is 4.79. The number of methoxy groups -OCH3 is 1. The van der Waals surface area contributed by atoms with Crippen molar-refractivity contribution < 1.29 is 14.3 Å². The van der Waals surface area contributed by atoms with Gasteiger partial charge in [-0.25, -0.2) is 4.98 Å². The molecule has 0 spiro atoms. The van der Waals surface area contributed by atoms with Crippen LogP contribution in [0.4, 0.5) is 5.13 Å². The monoisotopic (exact) mass is 406 g/mol. The molecule has 24 heavy (non-hydrogen) atoms. The number of carbonyl (C=O) groups excluding carboxylic acids is 1. The molecule has 3 rings (SSSR count). The van der Waals surface area contributed by atoms with Crippen molar-refractivity contribution in [3.63, 3.8) is 0 Å². The van der Waals surface area contributed by atoms with Crippen LogP contribution >= 0.6 is 27.3 Å². The van der Waals surface area contributed by atoms with Gasteiger partial charge >= 0.3 is 0 Å². The number of benzene rings is 2. The second kappa shape index (κ2) is 7.19. The zero-order valence-corrected chi connectivity index (χ0v) is 15.5. The molecule has 1 heterocycles. The van der Waals surface area contributed by atoms with E-state index in [-0.39, 0.29) is 5.91 Å². The largest absolute Gasteiger partial charge is 0.497 e. The summed E-state index contributed by atoms with van der Waals surface area (Å²) in [6.45, 7) is 2.55. The maximum atomic E-state index is 12.5. The Kier molecular flexibility index (Phi) is 5.01. The minimum Gasteiger partial charge on any atom is -0.497 e. The Bertz CT molecular complexity index is 895. The Balaban J connectivity index is 1.85. The summed E-state index contributed by atoms with van der Waals surface area (Å²) in [6.07, 6.45) is 0. The molecule has 0 unspecified atom stereocenters. The second-order valence-corrected chi connectivity index (χ2v) is 6.77. The number of hydrogen-bond donors (Lipinski definition) is 1. The maximum absolute atomic E-state index is 12.5. The van der Waals surface area contributed by atoms with Crippen molar-refractivity contribution in [2.45, 2.75) is 6.92 Å². The number of nitrogens with zero attached hydrogens (tertiary/aromatic N) is 1. The van der Waals surface area contributed by atoms with Gasteiger partial charge in [-0.3, -0.25) is 10.1 Å². The molecule has 1 aromatic heterocycles. The zero-order valence-electron chi connectivity index (χ0n) is 13.1. The van der Waals surface area contributed by atoms with E-state index >= 15 is 0 Å². The predicted octanol–water partition coefficient (Wildman–Crippen LogP) is 4.72. The number of aromatic nitrogens is 1. The summed E-state index contributed by atoms with van der Waals surface area (Å²) in [7, 11) is 1.56. The van der Waals surface area contributed by atoms with Gasteiger partial charge in [-0.2, -0.15) is 0 Å². The van der Waals surface area contributed by atoms with Crippen LogP contribution in [0.5, 0.6) is 11.5 Å². The van der Waals surface area contributed by atoms with Crippen LogP contribution < -0.4 is 14.8 Å². The number of anilines is 1. The van der Waals surface area contributed by atoms with E-state index < -0.39 is 0 Å². The standard InChI is InChI=1S/C17H15BrN2O3S/c1-3-23-11-5-7-14-15(9-11)24-17(19-14)20-16(21)12-8-10(22-2)4-6-13(12)18/h4-9H,3H2,1-2H3,(H,19,20,21). The summed E-state index contributed by atoms with van der Waals surface area (Å²) < 4.78 is 12.3. The predicted molar refractivity (Wildman–Crippen MR) is 99.4 cm³/mol. The Hall–Kier alpha value is -2.12. The van der Waals surface area contributed by atoms with Gasteiger partial charge < -0.3 is 9.47 Å². The minimum absolute atomic E-state index is 0.245. The van der Waals surface area contributed by atoms with Gasteiger partial charge in [0.2, 0.25) is 0 Å². The normalized spacial score (nSPS) is 10.6. The fourth-order valence-electron chi connectivity index (χ4n) is 2.18. The summed E-state index contributed by atoms with van der Waals surface area (Å²) in [4.78, 5) is 16.9. The molecule has 3 aromatic rings. The van der Waals surface area contributed by atoms with E-state index in [0.29, 0.717) is 27.5 Å². The van der Waals surface area contributed by atoms with Gasteiger partial charge in [0.15, 0.2) is 5.13 Å². The molecule has 1 N–H and O–H groups in total. The van der Waals surface area contributed by atoms with Gasteiger partial charge in [0.1, 0.15) is 11.5 Å². The number of halogens is 1. The smallest absolute Gasteiger partial charge is 0.258 e. The SMILES string of the molecule is CCOc1ccc2nc(NC(=O)c3cc(OC)ccc3Br)sc2c1. The Morgan fingerprint density at radius 2 is 2.04 bits per heavy atom. The zero-order chi connectivity index (χ0) is 17.1. The molecular weight excluding hydrogens is 392 g/mol. The first-order valence-corrected chi connectivity index (χ1v) is 8.90. The molecule has 0 aliphatic carbocycles. The maximum Gasteiger partial charge on any atom is 0.258 e. The van der Waals surface area contributed by atoms with Gasteiger partial charge in [-0.05, 0) is 59.3 Å². The number of nitrogens with one attached hydrogen (secondary N) is 1. The van der Waals surface area contributed by atoms with Crippen LogP contribution in [0.3, 0.4) is 0 Å². The molecule has 1 amide bonds. The molecule has 0 saturated heterocycles. The van der Waals surface area contributed by atoms with E-state index in [1.807, 2.05) is 25.1 Å². The average molecular weight is 407 g/mol. The summed E-state index contributed by atoms with van der Waals surface area (Å²) in [6, 6.07) is 10.9. The van der Waals surface area contributed by atoms with Crippen LogP contribution in [-0.2, 0) is 0 Å². The van der Waals surface area contributed by atoms with Gasteiger partial charge in [0, 0.05) is 4.47 Å². The van der Waals surface area contributed by atoms with E-state index in [2.05, 4.69) is 26.2 Å². The highest BCUT2D eigenvalue weighted by Gasteiger charge is 2.14. The molecule has 0 aliphatic heterocycles. The summed E-state index contributed by atoms with van der Waals surface area (Å²) in [5.74, 6) is 1.17. The molecule has 124 valence electrons. The van der Waals surface area contributed by atoms with E-state index in [0.717, 1.165) is 16.0 Å². The molecule has 7 heteroatoms. The molecule has 0 radical (unpaired) electrons. The van der Waals surface area contributed by atoms with Crippen molar-refractivity contribution >= 4 is 48.5 Å². The molecule has 0 atom stereocenters. The first-order chi connectivity index (χ1) is 11.6. The lowest BCUT2D eigenvalue weighted by Gasteiger charge is -2.06. The summed E-state index contributed by atoms with van der Waals surface area (Å²) in [5, 5.41) is 3.37. The molecular formula is C17H15BrN2O3S. The third kappa shape index (κ3) is 3.52. The molecule has 0 aliphatic rings. The van der Waals surface area contributed by atoms with Gasteiger partial charge in [0.25, 0.3) is 5.91 Å². The van der Waals surface area contributed by atoms with E-state index in [4.69, 9.17) is 9.47 Å². The highest BCUT2D eigenvalue weighted by molar-refractivity contribution is 9.10. The average Bonchev–Trinajstić information content (AvgIpc) is 2.97. The first-order valence-electron chi connectivity index (χ1n) is 7.29. The van der Waals surface area contributed by atoms with Crippen LogP contribution in [-0.4, -0.2) is 24.6 Å². The number of ether oxygens (including phenoxy) is 2. The van der Waals surface area contributed by atoms with Crippen molar-refractivity contribution in [1.82, 2.24) is 4.98 Å². The summed E-state index contributed by atoms with van der Waals surface area (Å²) in [5.41, 5.74) is 1.31. The fourth-order valence-corrected chi connectivity index (χ4v) is 3.50. The van der Waals surface area contributed by atoms with E-state index in [9.17, 15) is 4.79 Å². The third-order valence-electron chi connectivity index (χ3n) is 3.31. The molecule has 0 bridgehead atoms. The number of carbonyl (C=O) groups is 1. The van der Waals surface area contributed by atoms with Gasteiger partial charge in [-0.1, -0.05) is 11.3 Å². The van der Waals surface area contributed by atoms with Crippen LogP contribution in [0.2, 0.25) is 0 Å². The Morgan fingerprint density at radius 1 is 1.25 bits per heavy atom. The minimum atomic E-state index is -0.245. The van der Waals surface area contributed by atoms with Crippen LogP contribution in [0.1, 0.15) is 17.3 Å². The highest BCUT2D eigenvalue weighted by atomic mass is 79.9. The molecule has 0 fully saturated rings. The topological polar surface area (TPSA) is 60.5 Å². The Morgan fingerprint density at radius 3 is 2.79 bits per heavy atom. The number of thiazole rings is 1. The van der Waals surface area contributed by atoms with Crippen molar-refractivity contribution in [2.24, 2.45) is 0 Å². The van der Waals surface area contributed by atoms with E-state index in [1.54, 1.807) is 25.3 Å². The number of hydrogen-bond acceptors (Lipinski definition) is 5. The lowest BCUT2D eigenvalue weighted by molar-refractivity contribution is 0.102. The van der Waals surface area contributed by atoms with Gasteiger partial charge in [-0.15, -0.1) is 0 Å². The second-order valence-electron chi connectivity index (χ2n) is 4.88. The number of amides is 1. The highest BCUT2D eigenvalue weighted by Crippen LogP contribution is 2.30. The van der Waals surface area contributed by atoms with Gasteiger partial charge in [0.05, 0.1) is 29.5 Å². The van der Waals surface area contributed by atoms with Crippen LogP contribution in [0.15, 0.2) is 40.9 Å². The Labute approximate surface area is 151 Å². The van der Waals surface area contributed by atoms with Crippen molar-refractivity contribution in [2.75, 3.05) is 19.0 Å². The molecule has 5 nitrogen and oxygen atoms in total. The van der Waals surface area contributed by atoms with Crippen molar-refractivity contribution in [3.8, 4) is 11.5 Å². The van der Waals surface area contributed by atoms with Crippen molar-refractivity contribution in [3.05, 3.63) is 46.4 Å². The third-order valence-corrected chi connectivity index (χ3v) is 4.93. The lowest BCUT2D eigenvalue weighted by Crippen LogP contribution is -2.12. The lowest BCUT2D eigenvalue weighted by atomic mass is 10.2. The number of rotatable bonds is 5. The molecule has 0 saturated carbocycles. The number of fused-ring (bicyclic) bond motifs is 1. The van der Waals surface area contributed by atoms with E-state index in [1.165, 1.54) is 11.3 Å². The fraction of sp³-hybridized carbons (Fsp3) is 0.176. The molecule has 2 aromatic carbocycles. The van der Waals surface area contributed by atoms with Crippen LogP contribution in [0, 0.1) is 0 Å². The van der Waals surface area contributed by atoms with Crippen LogP contribution in [0.25, 0.3) is 10.2 Å².